The standard InChI is InChI=1S/C56H94N4O40/c1-13-29(70)38(79)41(82)53(88-13)86-12-24-46(36(77)25(49(85)89-24)57-14(2)66)97-52-28(60-17(5)69)37(78)44(21(9-64)93-52)98-55-43(84)47(99-54-42(83)40(81)45(22(10-65)94-54)96-50-26(58-15(3)67)34(75)30(71)18(6-61)90-50)33(74)23(95-55)11-87-56-48(39(80)32(73)20(8-63)92-56)100-51-27(59-16(4)68)35(76)31(72)19(7-62)91-51/h13,18-56,61-65,70-85H,6-12H2,1-5H3,(H,57,66)(H,58,67)(H,59,68)(H,60,69)/t13-,18+,19+,20+,21+,22+,23+,24+,25+,26+,27+,28+,29+,30+,31+,32+,33+,34+,35+,36+,37+,38+,39-,40+,41-,42-,43-,44+,45+,46+,47-,48-,49+,50-,51-,52-,53+,54+,55-,56-/m0/s1. The highest BCUT2D eigenvalue weighted by Crippen LogP contribution is 2.38. The average molecular weight is 1460 g/mol. The van der Waals surface area contributed by atoms with Crippen molar-refractivity contribution in [2.45, 2.75) is 280 Å². The Balaban J connectivity index is 1.10. The van der Waals surface area contributed by atoms with Crippen molar-refractivity contribution in [3.8, 4) is 0 Å². The molecule has 40 atom stereocenters. The second-order valence-electron chi connectivity index (χ2n) is 25.4. The lowest BCUT2D eigenvalue weighted by Gasteiger charge is -2.51. The second kappa shape index (κ2) is 35.7. The Bertz CT molecular complexity index is 2620. The molecule has 8 rings (SSSR count). The molecule has 0 saturated carbocycles. The van der Waals surface area contributed by atoms with Gasteiger partial charge in [-0.2, -0.15) is 0 Å². The molecule has 0 aliphatic carbocycles. The summed E-state index contributed by atoms with van der Waals surface area (Å²) in [4.78, 5) is 49.9. The van der Waals surface area contributed by atoms with E-state index in [1.807, 2.05) is 0 Å². The predicted molar refractivity (Wildman–Crippen MR) is 309 cm³/mol. The monoisotopic (exact) mass is 1460 g/mol. The molecule has 44 heteroatoms. The number of amides is 4. The summed E-state index contributed by atoms with van der Waals surface area (Å²) in [5.74, 6) is -3.34. The smallest absolute Gasteiger partial charge is 0.217 e. The summed E-state index contributed by atoms with van der Waals surface area (Å²) in [6, 6.07) is -6.95. The predicted octanol–water partition coefficient (Wildman–Crippen LogP) is -16.8. The third kappa shape index (κ3) is 18.3. The van der Waals surface area contributed by atoms with Gasteiger partial charge in [0.2, 0.25) is 23.6 Å². The Kier molecular flexibility index (Phi) is 29.3. The summed E-state index contributed by atoms with van der Waals surface area (Å²) in [5.41, 5.74) is 0. The maximum Gasteiger partial charge on any atom is 0.217 e. The van der Waals surface area contributed by atoms with Crippen molar-refractivity contribution in [3.63, 3.8) is 0 Å². The van der Waals surface area contributed by atoms with Crippen molar-refractivity contribution in [2.75, 3.05) is 46.2 Å². The maximum absolute atomic E-state index is 13.0. The van der Waals surface area contributed by atoms with E-state index < -0.39 is 315 Å². The second-order valence-corrected chi connectivity index (χ2v) is 25.4. The van der Waals surface area contributed by atoms with E-state index in [1.165, 1.54) is 6.92 Å². The summed E-state index contributed by atoms with van der Waals surface area (Å²) in [6.45, 7) is -1.77. The highest BCUT2D eigenvalue weighted by molar-refractivity contribution is 5.74. The van der Waals surface area contributed by atoms with Crippen LogP contribution < -0.4 is 21.3 Å². The number of rotatable bonds is 25. The van der Waals surface area contributed by atoms with Crippen LogP contribution >= 0.6 is 0 Å². The van der Waals surface area contributed by atoms with Crippen LogP contribution in [0.5, 0.6) is 0 Å². The zero-order chi connectivity index (χ0) is 73.8. The molecule has 100 heavy (non-hydrogen) atoms. The number of nitrogens with one attached hydrogen (secondary N) is 4. The first kappa shape index (κ1) is 82.1. The van der Waals surface area contributed by atoms with Gasteiger partial charge in [0.25, 0.3) is 0 Å². The van der Waals surface area contributed by atoms with Crippen LogP contribution in [0.2, 0.25) is 0 Å². The zero-order valence-corrected chi connectivity index (χ0v) is 54.2. The molecule has 4 amide bonds. The van der Waals surface area contributed by atoms with E-state index in [0.29, 0.717) is 0 Å². The lowest BCUT2D eigenvalue weighted by molar-refractivity contribution is -0.391. The van der Waals surface area contributed by atoms with Crippen molar-refractivity contribution in [2.24, 2.45) is 0 Å². The molecular weight excluding hydrogens is 1370 g/mol. The van der Waals surface area contributed by atoms with Crippen LogP contribution in [0.4, 0.5) is 0 Å². The Morgan fingerprint density at radius 2 is 0.610 bits per heavy atom. The molecule has 25 N–H and O–H groups in total. The molecule has 8 saturated heterocycles. The quantitative estimate of drug-likeness (QED) is 0.0404. The molecule has 0 spiro atoms. The number of aliphatic hydroxyl groups is 21. The molecule has 0 aromatic heterocycles. The number of hydrogen-bond donors (Lipinski definition) is 25. The minimum atomic E-state index is -2.46. The number of carbonyl (C=O) groups is 4. The van der Waals surface area contributed by atoms with Crippen molar-refractivity contribution in [3.05, 3.63) is 0 Å². The van der Waals surface area contributed by atoms with Crippen molar-refractivity contribution in [1.82, 2.24) is 21.3 Å². The molecule has 0 aromatic rings. The van der Waals surface area contributed by atoms with Gasteiger partial charge >= 0.3 is 0 Å². The molecular formula is C56H94N4O40. The van der Waals surface area contributed by atoms with Gasteiger partial charge in [-0.15, -0.1) is 0 Å². The number of ether oxygens (including phenoxy) is 15. The van der Waals surface area contributed by atoms with Crippen LogP contribution in [0, 0.1) is 0 Å². The summed E-state index contributed by atoms with van der Waals surface area (Å²) in [7, 11) is 0. The number of hydrogen-bond acceptors (Lipinski definition) is 40. The highest BCUT2D eigenvalue weighted by atomic mass is 16.8. The van der Waals surface area contributed by atoms with Gasteiger partial charge in [0.15, 0.2) is 50.3 Å². The minimum Gasteiger partial charge on any atom is -0.394 e. The lowest BCUT2D eigenvalue weighted by atomic mass is 9.93. The van der Waals surface area contributed by atoms with E-state index in [1.54, 1.807) is 0 Å². The number of carbonyl (C=O) groups excluding carboxylic acids is 4. The fourth-order valence-corrected chi connectivity index (χ4v) is 12.8. The van der Waals surface area contributed by atoms with Gasteiger partial charge in [-0.05, 0) is 6.92 Å². The molecule has 0 aromatic carbocycles. The van der Waals surface area contributed by atoms with Gasteiger partial charge in [0.1, 0.15) is 189 Å². The van der Waals surface area contributed by atoms with Crippen LogP contribution in [0.25, 0.3) is 0 Å². The fourth-order valence-electron chi connectivity index (χ4n) is 12.8. The van der Waals surface area contributed by atoms with E-state index in [-0.39, 0.29) is 0 Å². The normalized spacial score (nSPS) is 48.7. The van der Waals surface area contributed by atoms with Gasteiger partial charge in [0.05, 0.1) is 52.4 Å². The molecule has 0 bridgehead atoms. The van der Waals surface area contributed by atoms with Gasteiger partial charge in [-0.3, -0.25) is 19.2 Å². The van der Waals surface area contributed by atoms with E-state index in [4.69, 9.17) is 71.1 Å². The molecule has 0 radical (unpaired) electrons. The molecule has 44 nitrogen and oxygen atoms in total. The van der Waals surface area contributed by atoms with Crippen molar-refractivity contribution < 1.29 is 197 Å². The van der Waals surface area contributed by atoms with Gasteiger partial charge in [-0.25, -0.2) is 0 Å². The summed E-state index contributed by atoms with van der Waals surface area (Å²) >= 11 is 0. The largest absolute Gasteiger partial charge is 0.394 e. The first-order valence-electron chi connectivity index (χ1n) is 32.0. The molecule has 8 aliphatic heterocycles. The Hall–Kier alpha value is -3.56. The maximum atomic E-state index is 13.0. The summed E-state index contributed by atoms with van der Waals surface area (Å²) in [5, 5.41) is 242. The molecule has 8 heterocycles. The summed E-state index contributed by atoms with van der Waals surface area (Å²) < 4.78 is 88.2. The number of aliphatic hydroxyl groups excluding tert-OH is 21. The van der Waals surface area contributed by atoms with E-state index in [9.17, 15) is 126 Å². The van der Waals surface area contributed by atoms with E-state index in [2.05, 4.69) is 21.3 Å². The minimum absolute atomic E-state index is 0.791. The van der Waals surface area contributed by atoms with Crippen LogP contribution in [0.3, 0.4) is 0 Å². The molecule has 0 unspecified atom stereocenters. The van der Waals surface area contributed by atoms with Gasteiger partial charge < -0.3 is 200 Å². The first-order valence-corrected chi connectivity index (χ1v) is 32.0. The Morgan fingerprint density at radius 3 is 1.10 bits per heavy atom. The third-order valence-corrected chi connectivity index (χ3v) is 18.2. The lowest BCUT2D eigenvalue weighted by Crippen LogP contribution is -2.70. The SMILES string of the molecule is CC(=O)N[C@@H]1[C@@H](O)[C@H](O[C@@H]2O[C@H](CO)[C@@H](O[C@@H]3O[C@H](CO[C@H]4O[C@H](CO)[C@@H](O)[C@H](O)[C@@H]4O[C@@H]4O[C@H](CO)[C@@H](O)[C@H](O)[C@H]4NC(C)=O)[C@@H](O)[C@H](O[C@H]4O[C@H](CO)[C@@H](O[C@@H]5O[C@H](CO)[C@@H](O)[C@H](O)[C@H]5NC(C)=O)[C@H](O)[C@@H]4O)[C@@H]3O)[C@H](O)[C@H]2NC(C)=O)[C@@H](CO[C@@H]2O[C@@H](C)[C@@H](O)[C@@H](O)[C@@H]2O)O[C@H]1O. The van der Waals surface area contributed by atoms with E-state index in [0.717, 1.165) is 27.7 Å². The highest BCUT2D eigenvalue weighted by Gasteiger charge is 2.59. The molecule has 578 valence electrons. The van der Waals surface area contributed by atoms with Crippen LogP contribution in [-0.2, 0) is 90.2 Å². The van der Waals surface area contributed by atoms with E-state index >= 15 is 0 Å². The fraction of sp³-hybridized carbons (Fsp3) is 0.929. The van der Waals surface area contributed by atoms with Crippen molar-refractivity contribution >= 4 is 23.6 Å². The van der Waals surface area contributed by atoms with Crippen LogP contribution in [-0.4, -0.2) is 423 Å². The van der Waals surface area contributed by atoms with Gasteiger partial charge in [0, 0.05) is 27.7 Å². The molecule has 8 fully saturated rings. The summed E-state index contributed by atoms with van der Waals surface area (Å²) in [6.07, 6.45) is -70.7. The zero-order valence-electron chi connectivity index (χ0n) is 54.2. The Morgan fingerprint density at radius 1 is 0.280 bits per heavy atom. The van der Waals surface area contributed by atoms with Crippen LogP contribution in [0.15, 0.2) is 0 Å². The topological polar surface area (TPSA) is 680 Å². The third-order valence-electron chi connectivity index (χ3n) is 18.2. The van der Waals surface area contributed by atoms with Crippen LogP contribution in [0.1, 0.15) is 34.6 Å². The first-order chi connectivity index (χ1) is 47.2. The van der Waals surface area contributed by atoms with Gasteiger partial charge in [-0.1, -0.05) is 0 Å². The Labute approximate surface area is 567 Å². The average Bonchev–Trinajstić information content (AvgIpc) is 0.774. The molecule has 8 aliphatic rings. The van der Waals surface area contributed by atoms with Crippen molar-refractivity contribution in [1.29, 1.82) is 0 Å².